The van der Waals surface area contributed by atoms with E-state index < -0.39 is 35.2 Å². The molecule has 10 nitrogen and oxygen atoms in total. The normalized spacial score (nSPS) is 16.8. The molecular formula is C27H30N4O6S. The van der Waals surface area contributed by atoms with Crippen LogP contribution in [0.15, 0.2) is 60.7 Å². The molecule has 0 radical (unpaired) electrons. The van der Waals surface area contributed by atoms with E-state index in [4.69, 9.17) is 20.6 Å². The van der Waals surface area contributed by atoms with E-state index in [1.54, 1.807) is 62.6 Å². The molecule has 1 amide bonds. The first-order valence-corrected chi connectivity index (χ1v) is 13.2. The SMILES string of the molecule is CCOC(=O)C(Cc1ccc(C(=N)N)cc1)N1CCC(N(c2ccc3cc(OC)ccc3c2)S(=O)O)C1=O. The lowest BCUT2D eigenvalue weighted by Gasteiger charge is -2.29. The number of methoxy groups -OCH3 is 1. The Labute approximate surface area is 223 Å². The van der Waals surface area contributed by atoms with Gasteiger partial charge in [-0.05, 0) is 53.9 Å². The number of nitrogens with zero attached hydrogens (tertiary/aromatic N) is 2. The molecular weight excluding hydrogens is 508 g/mol. The van der Waals surface area contributed by atoms with Gasteiger partial charge in [-0.1, -0.05) is 36.4 Å². The summed E-state index contributed by atoms with van der Waals surface area (Å²) in [6.07, 6.45) is 0.445. The molecule has 3 unspecified atom stereocenters. The molecule has 11 heteroatoms. The Hall–Kier alpha value is -3.96. The predicted octanol–water partition coefficient (Wildman–Crippen LogP) is 2.85. The van der Waals surface area contributed by atoms with E-state index in [2.05, 4.69) is 0 Å². The first-order valence-electron chi connectivity index (χ1n) is 12.1. The van der Waals surface area contributed by atoms with Crippen molar-refractivity contribution < 1.29 is 27.8 Å². The fourth-order valence-corrected chi connectivity index (χ4v) is 5.38. The summed E-state index contributed by atoms with van der Waals surface area (Å²) in [6, 6.07) is 15.7. The van der Waals surface area contributed by atoms with Gasteiger partial charge in [0.05, 0.1) is 19.4 Å². The van der Waals surface area contributed by atoms with E-state index >= 15 is 0 Å². The van der Waals surface area contributed by atoms with Crippen LogP contribution in [0.5, 0.6) is 5.75 Å². The molecule has 0 bridgehead atoms. The minimum Gasteiger partial charge on any atom is -0.497 e. The van der Waals surface area contributed by atoms with Gasteiger partial charge < -0.3 is 20.1 Å². The number of nitrogen functional groups attached to an aromatic ring is 1. The van der Waals surface area contributed by atoms with Crippen LogP contribution in [-0.2, 0) is 32.0 Å². The number of anilines is 1. The average Bonchev–Trinajstić information content (AvgIpc) is 3.27. The second-order valence-electron chi connectivity index (χ2n) is 8.87. The zero-order chi connectivity index (χ0) is 27.4. The molecule has 1 aliphatic rings. The molecule has 3 atom stereocenters. The fourth-order valence-electron chi connectivity index (χ4n) is 4.67. The maximum absolute atomic E-state index is 13.6. The highest BCUT2D eigenvalue weighted by molar-refractivity contribution is 7.80. The van der Waals surface area contributed by atoms with Crippen molar-refractivity contribution in [2.45, 2.75) is 31.8 Å². The van der Waals surface area contributed by atoms with Gasteiger partial charge in [0.2, 0.25) is 5.91 Å². The first kappa shape index (κ1) is 27.1. The summed E-state index contributed by atoms with van der Waals surface area (Å²) >= 11 is -2.49. The molecule has 0 saturated carbocycles. The number of likely N-dealkylation sites (tertiary alicyclic amines) is 1. The third-order valence-corrected chi connectivity index (χ3v) is 7.38. The Balaban J connectivity index is 1.61. The first-order chi connectivity index (χ1) is 18.2. The number of hydrogen-bond acceptors (Lipinski definition) is 6. The van der Waals surface area contributed by atoms with Crippen molar-refractivity contribution in [3.63, 3.8) is 0 Å². The second kappa shape index (κ2) is 11.6. The monoisotopic (exact) mass is 538 g/mol. The van der Waals surface area contributed by atoms with E-state index in [9.17, 15) is 18.4 Å². The third kappa shape index (κ3) is 5.63. The molecule has 1 aliphatic heterocycles. The van der Waals surface area contributed by atoms with Crippen molar-refractivity contribution in [3.8, 4) is 5.75 Å². The van der Waals surface area contributed by atoms with Crippen molar-refractivity contribution in [1.29, 1.82) is 5.41 Å². The molecule has 0 aromatic heterocycles. The Morgan fingerprint density at radius 1 is 1.18 bits per heavy atom. The van der Waals surface area contributed by atoms with Crippen LogP contribution >= 0.6 is 0 Å². The molecule has 3 aromatic rings. The topological polar surface area (TPSA) is 146 Å². The minimum atomic E-state index is -2.49. The number of hydrogen-bond donors (Lipinski definition) is 3. The van der Waals surface area contributed by atoms with Crippen molar-refractivity contribution in [3.05, 3.63) is 71.8 Å². The molecule has 4 N–H and O–H groups in total. The summed E-state index contributed by atoms with van der Waals surface area (Å²) in [6.45, 7) is 2.06. The lowest BCUT2D eigenvalue weighted by molar-refractivity contribution is -0.153. The molecule has 0 spiro atoms. The van der Waals surface area contributed by atoms with E-state index in [1.165, 1.54) is 9.21 Å². The molecule has 3 aromatic carbocycles. The third-order valence-electron chi connectivity index (χ3n) is 6.58. The van der Waals surface area contributed by atoms with Crippen molar-refractivity contribution in [1.82, 2.24) is 4.90 Å². The van der Waals surface area contributed by atoms with Gasteiger partial charge in [-0.3, -0.25) is 19.1 Å². The van der Waals surface area contributed by atoms with Crippen LogP contribution in [0.3, 0.4) is 0 Å². The van der Waals surface area contributed by atoms with Crippen LogP contribution in [-0.4, -0.2) is 63.7 Å². The summed E-state index contributed by atoms with van der Waals surface area (Å²) in [5.74, 6) is -0.356. The average molecular weight is 539 g/mol. The summed E-state index contributed by atoms with van der Waals surface area (Å²) in [7, 11) is 1.58. The Kier molecular flexibility index (Phi) is 8.28. The molecule has 4 rings (SSSR count). The standard InChI is InChI=1S/C27H30N4O6S/c1-3-37-27(33)24(14-17-4-6-18(7-5-17)25(28)29)30-13-12-23(26(30)32)31(38(34)35)21-10-8-20-16-22(36-2)11-9-19(20)15-21/h4-11,15-16,23-24H,3,12-14H2,1-2H3,(H3,28,29)(H,34,35). The lowest BCUT2D eigenvalue weighted by Crippen LogP contribution is -2.49. The molecule has 38 heavy (non-hydrogen) atoms. The number of amides is 1. The molecule has 200 valence electrons. The van der Waals surface area contributed by atoms with Crippen LogP contribution in [0.1, 0.15) is 24.5 Å². The van der Waals surface area contributed by atoms with Gasteiger partial charge in [-0.25, -0.2) is 9.00 Å². The Morgan fingerprint density at radius 3 is 2.50 bits per heavy atom. The summed E-state index contributed by atoms with van der Waals surface area (Å²) in [5, 5.41) is 9.26. The maximum Gasteiger partial charge on any atom is 0.329 e. The van der Waals surface area contributed by atoms with Crippen LogP contribution in [0.2, 0.25) is 0 Å². The van der Waals surface area contributed by atoms with Crippen LogP contribution in [0, 0.1) is 5.41 Å². The quantitative estimate of drug-likeness (QED) is 0.156. The zero-order valence-electron chi connectivity index (χ0n) is 21.1. The molecule has 1 heterocycles. The van der Waals surface area contributed by atoms with Gasteiger partial charge in [-0.15, -0.1) is 0 Å². The minimum absolute atomic E-state index is 0.0685. The Bertz CT molecular complexity index is 1380. The smallest absolute Gasteiger partial charge is 0.329 e. The highest BCUT2D eigenvalue weighted by Crippen LogP contribution is 2.31. The summed E-state index contributed by atoms with van der Waals surface area (Å²) in [5.41, 5.74) is 7.25. The highest BCUT2D eigenvalue weighted by Gasteiger charge is 2.44. The number of fused-ring (bicyclic) bond motifs is 1. The van der Waals surface area contributed by atoms with E-state index in [1.807, 2.05) is 12.1 Å². The van der Waals surface area contributed by atoms with E-state index in [0.29, 0.717) is 17.0 Å². The number of ether oxygens (including phenoxy) is 2. The number of nitrogens with two attached hydrogens (primary N) is 1. The number of benzene rings is 3. The maximum atomic E-state index is 13.6. The van der Waals surface area contributed by atoms with Gasteiger partial charge >= 0.3 is 5.97 Å². The van der Waals surface area contributed by atoms with Crippen molar-refractivity contribution in [2.24, 2.45) is 5.73 Å². The molecule has 1 fully saturated rings. The van der Waals surface area contributed by atoms with Crippen LogP contribution < -0.4 is 14.8 Å². The number of carbonyl (C=O) groups excluding carboxylic acids is 2. The number of nitrogens with one attached hydrogen (secondary N) is 1. The largest absolute Gasteiger partial charge is 0.497 e. The van der Waals surface area contributed by atoms with E-state index in [0.717, 1.165) is 16.3 Å². The number of amidine groups is 1. The van der Waals surface area contributed by atoms with Gasteiger partial charge in [0, 0.05) is 18.5 Å². The highest BCUT2D eigenvalue weighted by atomic mass is 32.2. The summed E-state index contributed by atoms with van der Waals surface area (Å²) < 4.78 is 34.4. The number of rotatable bonds is 10. The van der Waals surface area contributed by atoms with Crippen LogP contribution in [0.4, 0.5) is 5.69 Å². The van der Waals surface area contributed by atoms with Gasteiger partial charge in [0.1, 0.15) is 23.7 Å². The Morgan fingerprint density at radius 2 is 1.87 bits per heavy atom. The number of esters is 1. The van der Waals surface area contributed by atoms with Crippen molar-refractivity contribution in [2.75, 3.05) is 24.6 Å². The fraction of sp³-hybridized carbons (Fsp3) is 0.296. The molecule has 1 saturated heterocycles. The van der Waals surface area contributed by atoms with E-state index in [-0.39, 0.29) is 31.8 Å². The second-order valence-corrected chi connectivity index (χ2v) is 9.73. The summed E-state index contributed by atoms with van der Waals surface area (Å²) in [4.78, 5) is 28.0. The van der Waals surface area contributed by atoms with Gasteiger partial charge in [-0.2, -0.15) is 0 Å². The number of carbonyl (C=O) groups is 2. The van der Waals surface area contributed by atoms with Crippen molar-refractivity contribution >= 4 is 45.4 Å². The van der Waals surface area contributed by atoms with Crippen LogP contribution in [0.25, 0.3) is 10.8 Å². The lowest BCUT2D eigenvalue weighted by atomic mass is 10.0. The predicted molar refractivity (Wildman–Crippen MR) is 145 cm³/mol. The molecule has 0 aliphatic carbocycles. The van der Waals surface area contributed by atoms with Gasteiger partial charge in [0.25, 0.3) is 11.3 Å². The van der Waals surface area contributed by atoms with Gasteiger partial charge in [0.15, 0.2) is 0 Å². The zero-order valence-corrected chi connectivity index (χ0v) is 21.9.